The number of aromatic nitrogens is 1. The molecule has 2 heterocycles. The Hall–Kier alpha value is -1.13. The number of hydrogen-bond donors (Lipinski definition) is 1. The summed E-state index contributed by atoms with van der Waals surface area (Å²) in [6.45, 7) is 10.0. The molecule has 1 aromatic rings. The third-order valence-corrected chi connectivity index (χ3v) is 4.18. The molecule has 2 rings (SSSR count). The second-order valence-electron chi connectivity index (χ2n) is 6.52. The first kappa shape index (κ1) is 16.2. The number of methoxy groups -OCH3 is 1. The molecule has 1 N–H and O–H groups in total. The van der Waals surface area contributed by atoms with Crippen molar-refractivity contribution in [3.8, 4) is 5.88 Å². The largest absolute Gasteiger partial charge is 0.481 e. The molecule has 0 spiro atoms. The lowest BCUT2D eigenvalue weighted by molar-refractivity contribution is 0.187. The Labute approximate surface area is 128 Å². The van der Waals surface area contributed by atoms with Crippen LogP contribution >= 0.6 is 0 Å². The molecule has 4 heteroatoms. The number of hydrogen-bond acceptors (Lipinski definition) is 4. The summed E-state index contributed by atoms with van der Waals surface area (Å²) >= 11 is 0. The monoisotopic (exact) mass is 291 g/mol. The first-order chi connectivity index (χ1) is 10.1. The zero-order valence-corrected chi connectivity index (χ0v) is 13.8. The molecule has 4 nitrogen and oxygen atoms in total. The van der Waals surface area contributed by atoms with E-state index < -0.39 is 0 Å². The third kappa shape index (κ3) is 4.97. The fourth-order valence-electron chi connectivity index (χ4n) is 3.02. The lowest BCUT2D eigenvalue weighted by Crippen LogP contribution is -2.40. The van der Waals surface area contributed by atoms with Crippen LogP contribution in [0, 0.1) is 5.92 Å². The smallest absolute Gasteiger partial charge is 0.213 e. The van der Waals surface area contributed by atoms with E-state index >= 15 is 0 Å². The van der Waals surface area contributed by atoms with Crippen LogP contribution in [-0.2, 0) is 6.54 Å². The highest BCUT2D eigenvalue weighted by atomic mass is 16.5. The maximum absolute atomic E-state index is 5.23. The van der Waals surface area contributed by atoms with Crippen LogP contribution in [0.25, 0.3) is 0 Å². The normalized spacial score (nSPS) is 24.0. The van der Waals surface area contributed by atoms with Crippen molar-refractivity contribution in [2.24, 2.45) is 5.92 Å². The van der Waals surface area contributed by atoms with E-state index in [2.05, 4.69) is 42.0 Å². The Kier molecular flexibility index (Phi) is 6.00. The highest BCUT2D eigenvalue weighted by molar-refractivity contribution is 5.15. The highest BCUT2D eigenvalue weighted by Gasteiger charge is 2.23. The van der Waals surface area contributed by atoms with E-state index in [4.69, 9.17) is 4.74 Å². The summed E-state index contributed by atoms with van der Waals surface area (Å²) in [5, 5.41) is 3.69. The van der Waals surface area contributed by atoms with Crippen LogP contribution in [-0.4, -0.2) is 42.2 Å². The van der Waals surface area contributed by atoms with Crippen molar-refractivity contribution >= 4 is 0 Å². The minimum Gasteiger partial charge on any atom is -0.481 e. The Morgan fingerprint density at radius 2 is 2.24 bits per heavy atom. The molecule has 1 aromatic heterocycles. The number of pyridine rings is 1. The van der Waals surface area contributed by atoms with Gasteiger partial charge in [0.1, 0.15) is 0 Å². The maximum Gasteiger partial charge on any atom is 0.213 e. The molecule has 0 saturated carbocycles. The number of nitrogens with one attached hydrogen (secondary N) is 1. The van der Waals surface area contributed by atoms with Crippen molar-refractivity contribution in [2.45, 2.75) is 52.2 Å². The van der Waals surface area contributed by atoms with Gasteiger partial charge in [0.25, 0.3) is 0 Å². The summed E-state index contributed by atoms with van der Waals surface area (Å²) in [6.07, 6.45) is 2.42. The average molecular weight is 291 g/mol. The van der Waals surface area contributed by atoms with E-state index in [-0.39, 0.29) is 0 Å². The van der Waals surface area contributed by atoms with Crippen LogP contribution in [0.5, 0.6) is 5.88 Å². The van der Waals surface area contributed by atoms with Crippen LogP contribution in [0.15, 0.2) is 18.2 Å². The summed E-state index contributed by atoms with van der Waals surface area (Å²) in [6, 6.07) is 7.18. The molecule has 21 heavy (non-hydrogen) atoms. The maximum atomic E-state index is 5.23. The van der Waals surface area contributed by atoms with Crippen LogP contribution in [0.4, 0.5) is 0 Å². The first-order valence-electron chi connectivity index (χ1n) is 8.06. The van der Waals surface area contributed by atoms with Crippen molar-refractivity contribution in [3.63, 3.8) is 0 Å². The van der Waals surface area contributed by atoms with E-state index in [1.165, 1.54) is 12.8 Å². The summed E-state index contributed by atoms with van der Waals surface area (Å²) in [4.78, 5) is 7.10. The summed E-state index contributed by atoms with van der Waals surface area (Å²) in [7, 11) is 1.67. The quantitative estimate of drug-likeness (QED) is 0.905. The van der Waals surface area contributed by atoms with Crippen molar-refractivity contribution in [1.82, 2.24) is 15.2 Å². The molecule has 2 atom stereocenters. The lowest BCUT2D eigenvalue weighted by atomic mass is 10.0. The van der Waals surface area contributed by atoms with Crippen LogP contribution in [0.2, 0.25) is 0 Å². The van der Waals surface area contributed by atoms with Gasteiger partial charge in [-0.1, -0.05) is 19.9 Å². The second-order valence-corrected chi connectivity index (χ2v) is 6.52. The standard InChI is InChI=1S/C17H29N3O/c1-13(2)10-16-12-20(14(3)8-9-18-16)11-15-6-5-7-17(19-15)21-4/h5-7,13-14,16,18H,8-12H2,1-4H3. The van der Waals surface area contributed by atoms with Crippen LogP contribution in [0.1, 0.15) is 39.3 Å². The van der Waals surface area contributed by atoms with Crippen LogP contribution < -0.4 is 10.1 Å². The minimum atomic E-state index is 0.584. The van der Waals surface area contributed by atoms with E-state index in [9.17, 15) is 0 Å². The molecule has 0 aliphatic carbocycles. The first-order valence-corrected chi connectivity index (χ1v) is 8.06. The van der Waals surface area contributed by atoms with Crippen molar-refractivity contribution in [3.05, 3.63) is 23.9 Å². The predicted octanol–water partition coefficient (Wildman–Crippen LogP) is 2.69. The van der Waals surface area contributed by atoms with Gasteiger partial charge in [-0.05, 0) is 38.3 Å². The summed E-state index contributed by atoms with van der Waals surface area (Å²) in [5.41, 5.74) is 1.09. The molecule has 0 amide bonds. The molecule has 0 radical (unpaired) electrons. The number of rotatable bonds is 5. The highest BCUT2D eigenvalue weighted by Crippen LogP contribution is 2.17. The van der Waals surface area contributed by atoms with Gasteiger partial charge < -0.3 is 10.1 Å². The van der Waals surface area contributed by atoms with Gasteiger partial charge in [-0.2, -0.15) is 0 Å². The fourth-order valence-corrected chi connectivity index (χ4v) is 3.02. The van der Waals surface area contributed by atoms with Gasteiger partial charge >= 0.3 is 0 Å². The molecule has 1 aliphatic rings. The van der Waals surface area contributed by atoms with Gasteiger partial charge in [-0.15, -0.1) is 0 Å². The molecular weight excluding hydrogens is 262 g/mol. The molecule has 1 saturated heterocycles. The molecule has 0 bridgehead atoms. The molecule has 2 unspecified atom stereocenters. The number of ether oxygens (including phenoxy) is 1. The Bertz CT molecular complexity index is 436. The minimum absolute atomic E-state index is 0.584. The van der Waals surface area contributed by atoms with Gasteiger partial charge in [0.2, 0.25) is 5.88 Å². The Balaban J connectivity index is 2.03. The van der Waals surface area contributed by atoms with E-state index in [1.807, 2.05) is 12.1 Å². The van der Waals surface area contributed by atoms with Crippen molar-refractivity contribution in [2.75, 3.05) is 20.2 Å². The average Bonchev–Trinajstić information content (AvgIpc) is 2.61. The predicted molar refractivity (Wildman–Crippen MR) is 86.5 cm³/mol. The van der Waals surface area contributed by atoms with E-state index in [1.54, 1.807) is 7.11 Å². The molecule has 118 valence electrons. The van der Waals surface area contributed by atoms with E-state index in [0.717, 1.165) is 31.2 Å². The summed E-state index contributed by atoms with van der Waals surface area (Å²) < 4.78 is 5.23. The van der Waals surface area contributed by atoms with Gasteiger partial charge in [0.05, 0.1) is 12.8 Å². The molecule has 1 fully saturated rings. The Morgan fingerprint density at radius 3 is 2.95 bits per heavy atom. The zero-order valence-electron chi connectivity index (χ0n) is 13.8. The molecular formula is C17H29N3O. The third-order valence-electron chi connectivity index (χ3n) is 4.18. The topological polar surface area (TPSA) is 37.4 Å². The van der Waals surface area contributed by atoms with Gasteiger partial charge in [0, 0.05) is 31.2 Å². The van der Waals surface area contributed by atoms with Gasteiger partial charge in [-0.25, -0.2) is 4.98 Å². The van der Waals surface area contributed by atoms with Crippen LogP contribution in [0.3, 0.4) is 0 Å². The zero-order chi connectivity index (χ0) is 15.2. The molecule has 0 aromatic carbocycles. The van der Waals surface area contributed by atoms with E-state index in [0.29, 0.717) is 18.0 Å². The van der Waals surface area contributed by atoms with Gasteiger partial charge in [-0.3, -0.25) is 4.90 Å². The lowest BCUT2D eigenvalue weighted by Gasteiger charge is -2.29. The van der Waals surface area contributed by atoms with Crippen molar-refractivity contribution in [1.29, 1.82) is 0 Å². The van der Waals surface area contributed by atoms with Gasteiger partial charge in [0.15, 0.2) is 0 Å². The van der Waals surface area contributed by atoms with Crippen molar-refractivity contribution < 1.29 is 4.74 Å². The number of nitrogens with zero attached hydrogens (tertiary/aromatic N) is 2. The SMILES string of the molecule is COc1cccc(CN2CC(CC(C)C)NCCC2C)n1. The second kappa shape index (κ2) is 7.76. The fraction of sp³-hybridized carbons (Fsp3) is 0.706. The summed E-state index contributed by atoms with van der Waals surface area (Å²) in [5.74, 6) is 1.43. The molecule has 1 aliphatic heterocycles. The Morgan fingerprint density at radius 1 is 1.43 bits per heavy atom.